The number of hydrogen-bond donors (Lipinski definition) is 1. The van der Waals surface area contributed by atoms with Gasteiger partial charge in [0, 0.05) is 32.7 Å². The van der Waals surface area contributed by atoms with Gasteiger partial charge in [0.25, 0.3) is 0 Å². The molecule has 2 heterocycles. The molecule has 0 spiro atoms. The van der Waals surface area contributed by atoms with E-state index in [2.05, 4.69) is 15.2 Å². The Labute approximate surface area is 122 Å². The SMILES string of the molecule is CCCNc1cc(C(F)(F)F)cc(N2CCN(C)CC2)n1. The number of pyridine rings is 1. The minimum atomic E-state index is -4.35. The van der Waals surface area contributed by atoms with E-state index in [-0.39, 0.29) is 0 Å². The lowest BCUT2D eigenvalue weighted by Gasteiger charge is -2.33. The maximum Gasteiger partial charge on any atom is 0.416 e. The van der Waals surface area contributed by atoms with Crippen molar-refractivity contribution < 1.29 is 13.2 Å². The van der Waals surface area contributed by atoms with Gasteiger partial charge in [0.1, 0.15) is 11.6 Å². The number of alkyl halides is 3. The summed E-state index contributed by atoms with van der Waals surface area (Å²) in [6.07, 6.45) is -3.52. The molecule has 0 atom stereocenters. The van der Waals surface area contributed by atoms with E-state index in [1.807, 2.05) is 18.9 Å². The van der Waals surface area contributed by atoms with Crippen LogP contribution in [0, 0.1) is 0 Å². The standard InChI is InChI=1S/C14H21F3N4/c1-3-4-18-12-9-11(14(15,16)17)10-13(19-12)21-7-5-20(2)6-8-21/h9-10H,3-8H2,1-2H3,(H,18,19). The van der Waals surface area contributed by atoms with Crippen molar-refractivity contribution in [2.45, 2.75) is 19.5 Å². The number of nitrogens with zero attached hydrogens (tertiary/aromatic N) is 3. The fourth-order valence-electron chi connectivity index (χ4n) is 2.22. The molecule has 7 heteroatoms. The molecule has 0 aromatic carbocycles. The molecule has 1 saturated heterocycles. The fourth-order valence-corrected chi connectivity index (χ4v) is 2.22. The summed E-state index contributed by atoms with van der Waals surface area (Å²) >= 11 is 0. The Kier molecular flexibility index (Phi) is 4.92. The third kappa shape index (κ3) is 4.23. The fraction of sp³-hybridized carbons (Fsp3) is 0.643. The largest absolute Gasteiger partial charge is 0.416 e. The van der Waals surface area contributed by atoms with Crippen molar-refractivity contribution in [3.8, 4) is 0 Å². The van der Waals surface area contributed by atoms with E-state index in [9.17, 15) is 13.2 Å². The summed E-state index contributed by atoms with van der Waals surface area (Å²) in [4.78, 5) is 8.39. The van der Waals surface area contributed by atoms with Crippen LogP contribution in [0.15, 0.2) is 12.1 Å². The number of piperazine rings is 1. The Hall–Kier alpha value is -1.50. The van der Waals surface area contributed by atoms with Gasteiger partial charge in [0.05, 0.1) is 5.56 Å². The molecule has 0 bridgehead atoms. The second kappa shape index (κ2) is 6.51. The number of hydrogen-bond acceptors (Lipinski definition) is 4. The Balaban J connectivity index is 2.26. The Morgan fingerprint density at radius 3 is 2.43 bits per heavy atom. The van der Waals surface area contributed by atoms with Crippen LogP contribution in [0.25, 0.3) is 0 Å². The van der Waals surface area contributed by atoms with E-state index in [0.29, 0.717) is 31.3 Å². The molecule has 0 saturated carbocycles. The van der Waals surface area contributed by atoms with Crippen LogP contribution in [-0.4, -0.2) is 49.7 Å². The molecule has 0 aliphatic carbocycles. The van der Waals surface area contributed by atoms with Gasteiger partial charge in [0.2, 0.25) is 0 Å². The van der Waals surface area contributed by atoms with Crippen LogP contribution in [-0.2, 0) is 6.18 Å². The molecule has 1 aromatic heterocycles. The van der Waals surface area contributed by atoms with Crippen LogP contribution in [0.1, 0.15) is 18.9 Å². The van der Waals surface area contributed by atoms with Gasteiger partial charge in [-0.15, -0.1) is 0 Å². The first-order valence-corrected chi connectivity index (χ1v) is 7.17. The second-order valence-electron chi connectivity index (χ2n) is 5.31. The maximum absolute atomic E-state index is 13.0. The van der Waals surface area contributed by atoms with E-state index < -0.39 is 11.7 Å². The van der Waals surface area contributed by atoms with Gasteiger partial charge < -0.3 is 15.1 Å². The maximum atomic E-state index is 13.0. The Morgan fingerprint density at radius 2 is 1.86 bits per heavy atom. The van der Waals surface area contributed by atoms with Crippen molar-refractivity contribution in [3.63, 3.8) is 0 Å². The van der Waals surface area contributed by atoms with E-state index >= 15 is 0 Å². The number of aromatic nitrogens is 1. The third-order valence-electron chi connectivity index (χ3n) is 3.52. The van der Waals surface area contributed by atoms with Crippen molar-refractivity contribution >= 4 is 11.6 Å². The highest BCUT2D eigenvalue weighted by Gasteiger charge is 2.32. The lowest BCUT2D eigenvalue weighted by molar-refractivity contribution is -0.137. The van der Waals surface area contributed by atoms with Crippen molar-refractivity contribution in [2.24, 2.45) is 0 Å². The zero-order valence-corrected chi connectivity index (χ0v) is 12.4. The molecular weight excluding hydrogens is 281 g/mol. The molecular formula is C14H21F3N4. The lowest BCUT2D eigenvalue weighted by Crippen LogP contribution is -2.44. The molecule has 118 valence electrons. The third-order valence-corrected chi connectivity index (χ3v) is 3.52. The minimum Gasteiger partial charge on any atom is -0.370 e. The summed E-state index contributed by atoms with van der Waals surface area (Å²) < 4.78 is 39.1. The van der Waals surface area contributed by atoms with Gasteiger partial charge in [-0.3, -0.25) is 0 Å². The minimum absolute atomic E-state index is 0.292. The van der Waals surface area contributed by atoms with E-state index in [1.54, 1.807) is 0 Å². The van der Waals surface area contributed by atoms with Crippen LogP contribution in [0.2, 0.25) is 0 Å². The summed E-state index contributed by atoms with van der Waals surface area (Å²) in [6, 6.07) is 2.22. The van der Waals surface area contributed by atoms with Gasteiger partial charge in [0.15, 0.2) is 0 Å². The zero-order valence-electron chi connectivity index (χ0n) is 12.4. The first-order valence-electron chi connectivity index (χ1n) is 7.17. The van der Waals surface area contributed by atoms with Gasteiger partial charge in [-0.05, 0) is 25.6 Å². The summed E-state index contributed by atoms with van der Waals surface area (Å²) in [5, 5.41) is 2.95. The van der Waals surface area contributed by atoms with Gasteiger partial charge in [-0.1, -0.05) is 6.92 Å². The lowest BCUT2D eigenvalue weighted by atomic mass is 10.2. The summed E-state index contributed by atoms with van der Waals surface area (Å²) in [6.45, 7) is 5.61. The van der Waals surface area contributed by atoms with E-state index in [1.165, 1.54) is 0 Å². The molecule has 1 N–H and O–H groups in total. The van der Waals surface area contributed by atoms with Crippen LogP contribution in [0.3, 0.4) is 0 Å². The summed E-state index contributed by atoms with van der Waals surface area (Å²) in [7, 11) is 2.01. The first-order chi connectivity index (χ1) is 9.90. The predicted octanol–water partition coefficient (Wildman–Crippen LogP) is 2.67. The van der Waals surface area contributed by atoms with E-state index in [0.717, 1.165) is 31.6 Å². The number of anilines is 2. The van der Waals surface area contributed by atoms with Crippen LogP contribution in [0.4, 0.5) is 24.8 Å². The topological polar surface area (TPSA) is 31.4 Å². The molecule has 2 rings (SSSR count). The molecule has 1 aromatic rings. The van der Waals surface area contributed by atoms with Crippen molar-refractivity contribution in [3.05, 3.63) is 17.7 Å². The second-order valence-corrected chi connectivity index (χ2v) is 5.31. The molecule has 1 aliphatic heterocycles. The highest BCUT2D eigenvalue weighted by molar-refractivity contribution is 5.51. The van der Waals surface area contributed by atoms with Gasteiger partial charge in [-0.25, -0.2) is 4.98 Å². The quantitative estimate of drug-likeness (QED) is 0.926. The van der Waals surface area contributed by atoms with Crippen molar-refractivity contribution in [1.29, 1.82) is 0 Å². The average molecular weight is 302 g/mol. The van der Waals surface area contributed by atoms with Crippen LogP contribution >= 0.6 is 0 Å². The van der Waals surface area contributed by atoms with Gasteiger partial charge in [-0.2, -0.15) is 13.2 Å². The molecule has 1 aliphatic rings. The molecule has 4 nitrogen and oxygen atoms in total. The Morgan fingerprint density at radius 1 is 1.19 bits per heavy atom. The smallest absolute Gasteiger partial charge is 0.370 e. The van der Waals surface area contributed by atoms with Crippen LogP contribution < -0.4 is 10.2 Å². The summed E-state index contributed by atoms with van der Waals surface area (Å²) in [5.74, 6) is 0.692. The molecule has 21 heavy (non-hydrogen) atoms. The van der Waals surface area contributed by atoms with Crippen LogP contribution in [0.5, 0.6) is 0 Å². The first kappa shape index (κ1) is 15.9. The zero-order chi connectivity index (χ0) is 15.5. The molecule has 0 amide bonds. The van der Waals surface area contributed by atoms with E-state index in [4.69, 9.17) is 0 Å². The monoisotopic (exact) mass is 302 g/mol. The van der Waals surface area contributed by atoms with Crippen molar-refractivity contribution in [1.82, 2.24) is 9.88 Å². The highest BCUT2D eigenvalue weighted by atomic mass is 19.4. The Bertz CT molecular complexity index is 468. The summed E-state index contributed by atoms with van der Waals surface area (Å²) in [5.41, 5.74) is -0.648. The normalized spacial score (nSPS) is 17.1. The number of nitrogens with one attached hydrogen (secondary N) is 1. The number of halogens is 3. The average Bonchev–Trinajstić information content (AvgIpc) is 2.44. The number of rotatable bonds is 4. The molecule has 0 unspecified atom stereocenters. The molecule has 0 radical (unpaired) electrons. The molecule has 1 fully saturated rings. The predicted molar refractivity (Wildman–Crippen MR) is 77.7 cm³/mol. The van der Waals surface area contributed by atoms with Crippen molar-refractivity contribution in [2.75, 3.05) is 50.0 Å². The highest BCUT2D eigenvalue weighted by Crippen LogP contribution is 2.33. The van der Waals surface area contributed by atoms with Gasteiger partial charge >= 0.3 is 6.18 Å². The number of likely N-dealkylation sites (N-methyl/N-ethyl adjacent to an activating group) is 1.